The van der Waals surface area contributed by atoms with Crippen molar-refractivity contribution in [3.63, 3.8) is 0 Å². The minimum Gasteiger partial charge on any atom is -0.309 e. The van der Waals surface area contributed by atoms with E-state index in [1.807, 2.05) is 0 Å². The molecule has 10 aromatic carbocycles. The molecular formula is C61H42N2Si. The van der Waals surface area contributed by atoms with Crippen LogP contribution in [0.4, 0.5) is 0 Å². The summed E-state index contributed by atoms with van der Waals surface area (Å²) in [5.74, 6) is 0.185. The van der Waals surface area contributed by atoms with Gasteiger partial charge in [0.15, 0.2) is 8.07 Å². The molecule has 0 saturated heterocycles. The van der Waals surface area contributed by atoms with Gasteiger partial charge < -0.3 is 9.13 Å². The highest BCUT2D eigenvalue weighted by atomic mass is 28.3. The molecule has 1 aliphatic carbocycles. The van der Waals surface area contributed by atoms with Crippen LogP contribution in [0.5, 0.6) is 0 Å². The van der Waals surface area contributed by atoms with Crippen LogP contribution in [0, 0.1) is 0 Å². The van der Waals surface area contributed by atoms with E-state index in [0.717, 1.165) is 0 Å². The zero-order valence-corrected chi connectivity index (χ0v) is 36.1. The van der Waals surface area contributed by atoms with E-state index in [-0.39, 0.29) is 5.92 Å². The molecule has 2 aromatic heterocycles. The monoisotopic (exact) mass is 830 g/mol. The van der Waals surface area contributed by atoms with Gasteiger partial charge in [-0.25, -0.2) is 0 Å². The molecule has 1 aliphatic rings. The van der Waals surface area contributed by atoms with E-state index in [1.165, 1.54) is 104 Å². The van der Waals surface area contributed by atoms with Crippen LogP contribution < -0.4 is 20.7 Å². The highest BCUT2D eigenvalue weighted by molar-refractivity contribution is 7.20. The Morgan fingerprint density at radius 2 is 0.781 bits per heavy atom. The first-order chi connectivity index (χ1) is 31.8. The Labute approximate surface area is 373 Å². The van der Waals surface area contributed by atoms with Crippen LogP contribution in [-0.4, -0.2) is 17.2 Å². The fourth-order valence-electron chi connectivity index (χ4n) is 11.3. The molecule has 1 unspecified atom stereocenters. The Kier molecular flexibility index (Phi) is 8.34. The van der Waals surface area contributed by atoms with Crippen LogP contribution in [0.25, 0.3) is 66.1 Å². The normalized spacial score (nSPS) is 13.5. The molecule has 2 heterocycles. The summed E-state index contributed by atoms with van der Waals surface area (Å²) in [7, 11) is -2.99. The molecule has 0 N–H and O–H groups in total. The van der Waals surface area contributed by atoms with E-state index in [4.69, 9.17) is 0 Å². The van der Waals surface area contributed by atoms with Crippen molar-refractivity contribution in [3.8, 4) is 22.5 Å². The molecule has 300 valence electrons. The van der Waals surface area contributed by atoms with Gasteiger partial charge in [-0.05, 0) is 103 Å². The quantitative estimate of drug-likeness (QED) is 0.112. The van der Waals surface area contributed by atoms with E-state index in [2.05, 4.69) is 258 Å². The van der Waals surface area contributed by atoms with Crippen LogP contribution in [0.1, 0.15) is 22.6 Å². The van der Waals surface area contributed by atoms with E-state index in [0.29, 0.717) is 0 Å². The Morgan fingerprint density at radius 1 is 0.281 bits per heavy atom. The summed E-state index contributed by atoms with van der Waals surface area (Å²) >= 11 is 0. The van der Waals surface area contributed by atoms with E-state index in [9.17, 15) is 0 Å². The van der Waals surface area contributed by atoms with Crippen molar-refractivity contribution in [3.05, 3.63) is 265 Å². The topological polar surface area (TPSA) is 9.86 Å². The van der Waals surface area contributed by atoms with Crippen LogP contribution >= 0.6 is 0 Å². The first-order valence-corrected chi connectivity index (χ1v) is 24.3. The zero-order chi connectivity index (χ0) is 42.2. The van der Waals surface area contributed by atoms with Crippen LogP contribution in [0.3, 0.4) is 0 Å². The third-order valence-electron chi connectivity index (χ3n) is 13.9. The van der Waals surface area contributed by atoms with Crippen molar-refractivity contribution >= 4 is 72.4 Å². The van der Waals surface area contributed by atoms with Gasteiger partial charge in [0, 0.05) is 38.8 Å². The molecule has 0 amide bonds. The maximum absolute atomic E-state index is 2.99. The predicted molar refractivity (Wildman–Crippen MR) is 272 cm³/mol. The van der Waals surface area contributed by atoms with Crippen LogP contribution in [0.15, 0.2) is 249 Å². The summed E-state index contributed by atoms with van der Waals surface area (Å²) < 4.78 is 4.95. The van der Waals surface area contributed by atoms with Gasteiger partial charge in [-0.2, -0.15) is 0 Å². The number of para-hydroxylation sites is 3. The summed E-state index contributed by atoms with van der Waals surface area (Å²) in [5.41, 5.74) is 13.9. The van der Waals surface area contributed by atoms with Gasteiger partial charge in [-0.15, -0.1) is 0 Å². The summed E-state index contributed by atoms with van der Waals surface area (Å²) in [5, 5.41) is 10.5. The molecule has 0 radical (unpaired) electrons. The Bertz CT molecular complexity index is 3680. The van der Waals surface area contributed by atoms with Crippen molar-refractivity contribution in [2.75, 3.05) is 0 Å². The minimum absolute atomic E-state index is 0.185. The molecule has 12 aromatic rings. The molecule has 13 rings (SSSR count). The molecule has 2 nitrogen and oxygen atoms in total. The van der Waals surface area contributed by atoms with Gasteiger partial charge in [-0.3, -0.25) is 0 Å². The maximum atomic E-state index is 2.53. The summed E-state index contributed by atoms with van der Waals surface area (Å²) in [6, 6.07) is 93.2. The van der Waals surface area contributed by atoms with Gasteiger partial charge >= 0.3 is 0 Å². The fraction of sp³-hybridized carbons (Fsp3) is 0.0164. The van der Waals surface area contributed by atoms with Crippen molar-refractivity contribution in [1.82, 2.24) is 9.13 Å². The highest BCUT2D eigenvalue weighted by Gasteiger charge is 2.42. The van der Waals surface area contributed by atoms with E-state index in [1.54, 1.807) is 0 Å². The number of aromatic nitrogens is 2. The Balaban J connectivity index is 1.08. The number of nitrogens with zero attached hydrogens (tertiary/aromatic N) is 2. The lowest BCUT2D eigenvalue weighted by atomic mass is 9.89. The standard InChI is InChI=1S/C61H42N2Si/c1-5-20-42(21-6-1)61-52-33-14-13-30-49(52)53-41-60-55(40-56(53)61)51-32-16-18-35-58(51)63(60)44-24-19-29-47(38-44)64(45-25-9-3-10-26-45,46-27-11-4-12-28-46)48-36-37-59-54(39-48)50-31-15-17-34-57(50)62(59)43-22-7-2-8-23-43/h1-41,61H. The average Bonchev–Trinajstić information content (AvgIpc) is 4.00. The van der Waals surface area contributed by atoms with Gasteiger partial charge in [-0.1, -0.05) is 194 Å². The SMILES string of the molecule is c1ccc(C2c3ccccc3-c3cc4c(cc32)c2ccccc2n4-c2cccc([Si](c3ccccc3)(c3ccccc3)c3ccc4c(c3)c3ccccc3n4-c3ccccc3)c2)cc1. The summed E-state index contributed by atoms with van der Waals surface area (Å²) in [6.07, 6.45) is 0. The molecule has 1 atom stereocenters. The van der Waals surface area contributed by atoms with Crippen LogP contribution in [-0.2, 0) is 0 Å². The first kappa shape index (κ1) is 36.7. The molecule has 0 spiro atoms. The van der Waals surface area contributed by atoms with Crippen molar-refractivity contribution in [1.29, 1.82) is 0 Å². The Morgan fingerprint density at radius 3 is 1.47 bits per heavy atom. The molecule has 64 heavy (non-hydrogen) atoms. The van der Waals surface area contributed by atoms with Gasteiger partial charge in [0.2, 0.25) is 0 Å². The lowest BCUT2D eigenvalue weighted by Crippen LogP contribution is -2.74. The third-order valence-corrected chi connectivity index (χ3v) is 18.7. The number of hydrogen-bond acceptors (Lipinski definition) is 0. The van der Waals surface area contributed by atoms with Gasteiger partial charge in [0.25, 0.3) is 0 Å². The van der Waals surface area contributed by atoms with E-state index < -0.39 is 8.07 Å². The molecular weight excluding hydrogens is 789 g/mol. The van der Waals surface area contributed by atoms with Crippen molar-refractivity contribution in [2.45, 2.75) is 5.92 Å². The molecule has 0 aliphatic heterocycles. The highest BCUT2D eigenvalue weighted by Crippen LogP contribution is 2.50. The number of rotatable bonds is 7. The maximum Gasteiger partial charge on any atom is 0.179 e. The largest absolute Gasteiger partial charge is 0.309 e. The third kappa shape index (κ3) is 5.38. The van der Waals surface area contributed by atoms with Crippen molar-refractivity contribution < 1.29 is 0 Å². The summed E-state index contributed by atoms with van der Waals surface area (Å²) in [4.78, 5) is 0. The molecule has 3 heteroatoms. The van der Waals surface area contributed by atoms with Crippen molar-refractivity contribution in [2.24, 2.45) is 0 Å². The molecule has 0 bridgehead atoms. The summed E-state index contributed by atoms with van der Waals surface area (Å²) in [6.45, 7) is 0. The van der Waals surface area contributed by atoms with Gasteiger partial charge in [0.05, 0.1) is 22.1 Å². The second-order valence-corrected chi connectivity index (χ2v) is 21.0. The molecule has 0 fully saturated rings. The van der Waals surface area contributed by atoms with Crippen LogP contribution in [0.2, 0.25) is 0 Å². The molecule has 0 saturated carbocycles. The second-order valence-electron chi connectivity index (χ2n) is 17.2. The average molecular weight is 831 g/mol. The number of benzene rings is 10. The smallest absolute Gasteiger partial charge is 0.179 e. The van der Waals surface area contributed by atoms with Gasteiger partial charge in [0.1, 0.15) is 0 Å². The Hall–Kier alpha value is -7.98. The lowest BCUT2D eigenvalue weighted by Gasteiger charge is -2.35. The fourth-order valence-corrected chi connectivity index (χ4v) is 16.1. The second kappa shape index (κ2) is 14.6. The zero-order valence-electron chi connectivity index (χ0n) is 35.1. The minimum atomic E-state index is -2.99. The number of hydrogen-bond donors (Lipinski definition) is 0. The number of fused-ring (bicyclic) bond motifs is 9. The predicted octanol–water partition coefficient (Wildman–Crippen LogP) is 12.4. The van der Waals surface area contributed by atoms with E-state index >= 15 is 0 Å². The first-order valence-electron chi connectivity index (χ1n) is 22.3. The lowest BCUT2D eigenvalue weighted by molar-refractivity contribution is 1.02.